The Morgan fingerprint density at radius 2 is 0.544 bits per heavy atom. The second-order valence-electron chi connectivity index (χ2n) is 19.4. The molecule has 0 saturated carbocycles. The maximum absolute atomic E-state index is 12.7. The van der Waals surface area contributed by atoms with Crippen LogP contribution in [0.3, 0.4) is 0 Å². The molecule has 0 unspecified atom stereocenters. The topological polar surface area (TPSA) is 92.3 Å². The first kappa shape index (κ1) is 64.2. The minimum atomic E-state index is -3.81. The number of phosphoric acid groups is 1. The van der Waals surface area contributed by atoms with Crippen LogP contribution in [0.1, 0.15) is 224 Å². The van der Waals surface area contributed by atoms with Gasteiger partial charge in [-0.15, -0.1) is 0 Å². The highest BCUT2D eigenvalue weighted by atomic mass is 31.2. The van der Waals surface area contributed by atoms with Crippen LogP contribution in [0.4, 0.5) is 0 Å². The lowest BCUT2D eigenvalue weighted by molar-refractivity contribution is 0.125. The van der Waals surface area contributed by atoms with Crippen molar-refractivity contribution in [3.8, 4) is 12.1 Å². The molecule has 0 saturated heterocycles. The second-order valence-corrected chi connectivity index (χ2v) is 21.1. The highest BCUT2D eigenvalue weighted by molar-refractivity contribution is 7.48. The molecule has 0 fully saturated rings. The maximum atomic E-state index is 12.7. The summed E-state index contributed by atoms with van der Waals surface area (Å²) in [6, 6.07) is 3.87. The summed E-state index contributed by atoms with van der Waals surface area (Å²) in [6.07, 6.45) is 48.3. The van der Waals surface area contributed by atoms with Crippen molar-refractivity contribution in [2.24, 2.45) is 0 Å². The summed E-state index contributed by atoms with van der Waals surface area (Å²) >= 11 is 0. The van der Waals surface area contributed by atoms with Crippen molar-refractivity contribution >= 4 is 7.82 Å². The maximum Gasteiger partial charge on any atom is 0.475 e. The van der Waals surface area contributed by atoms with E-state index in [1.54, 1.807) is 0 Å². The van der Waals surface area contributed by atoms with Crippen LogP contribution in [-0.4, -0.2) is 19.8 Å². The first-order chi connectivity index (χ1) is 32.5. The van der Waals surface area contributed by atoms with E-state index in [2.05, 4.69) is 137 Å². The molecule has 0 bridgehead atoms. The lowest BCUT2D eigenvalue weighted by Crippen LogP contribution is -2.03. The Hall–Kier alpha value is -3.77. The summed E-state index contributed by atoms with van der Waals surface area (Å²) in [4.78, 5) is 0. The zero-order chi connectivity index (χ0) is 50.8. The fourth-order valence-electron chi connectivity index (χ4n) is 7.31. The van der Waals surface area contributed by atoms with Gasteiger partial charge in [0.15, 0.2) is 0 Å². The van der Waals surface area contributed by atoms with Crippen LogP contribution in [0, 0.1) is 22.7 Å². The van der Waals surface area contributed by atoms with Gasteiger partial charge in [-0.3, -0.25) is 13.6 Å². The lowest BCUT2D eigenvalue weighted by atomic mass is 10.0. The second kappa shape index (κ2) is 42.1. The SMILES string of the molecule is CC(C)=CCC/C(C)=C\CC/C(C)=C\CC/C(C)=C\CC/C(C)=C/CC/C(C)=C/CC/C(C)=C/CC/C(C)=C/CC/C(C)=C/CC/C(C)=C/CC/C(C)=C/COP(=O)(OCCC#N)OCCC#N. The predicted molar refractivity (Wildman–Crippen MR) is 295 cm³/mol. The summed E-state index contributed by atoms with van der Waals surface area (Å²) in [5.74, 6) is 0. The molecule has 0 radical (unpaired) electrons. The van der Waals surface area contributed by atoms with E-state index >= 15 is 0 Å². The van der Waals surface area contributed by atoms with Crippen LogP contribution in [0.2, 0.25) is 0 Å². The van der Waals surface area contributed by atoms with Gasteiger partial charge in [0.25, 0.3) is 0 Å². The molecule has 0 rings (SSSR count). The fourth-order valence-corrected chi connectivity index (χ4v) is 8.42. The Bertz CT molecular complexity index is 1890. The van der Waals surface area contributed by atoms with Gasteiger partial charge >= 0.3 is 7.82 Å². The third-order valence-corrected chi connectivity index (χ3v) is 13.4. The van der Waals surface area contributed by atoms with Crippen LogP contribution >= 0.6 is 7.82 Å². The molecular weight excluding hydrogens is 856 g/mol. The Labute approximate surface area is 419 Å². The first-order valence-electron chi connectivity index (χ1n) is 26.0. The van der Waals surface area contributed by atoms with Crippen LogP contribution < -0.4 is 0 Å². The lowest BCUT2D eigenvalue weighted by Gasteiger charge is -2.16. The molecule has 0 aromatic carbocycles. The number of hydrogen-bond acceptors (Lipinski definition) is 6. The van der Waals surface area contributed by atoms with E-state index < -0.39 is 7.82 Å². The van der Waals surface area contributed by atoms with Gasteiger partial charge in [0.1, 0.15) is 0 Å². The fraction of sp³-hybridized carbons (Fsp3) is 0.607. The highest BCUT2D eigenvalue weighted by Gasteiger charge is 2.26. The van der Waals surface area contributed by atoms with Gasteiger partial charge < -0.3 is 0 Å². The molecule has 6 nitrogen and oxygen atoms in total. The van der Waals surface area contributed by atoms with Gasteiger partial charge in [0.05, 0.1) is 44.8 Å². The molecule has 0 aliphatic carbocycles. The predicted octanol–water partition coefficient (Wildman–Crippen LogP) is 20.2. The van der Waals surface area contributed by atoms with Gasteiger partial charge in [-0.25, -0.2) is 4.57 Å². The molecule has 380 valence electrons. The highest BCUT2D eigenvalue weighted by Crippen LogP contribution is 2.49. The number of phosphoric ester groups is 1. The molecule has 0 atom stereocenters. The minimum Gasteiger partial charge on any atom is -0.286 e. The normalized spacial score (nSPS) is 14.4. The van der Waals surface area contributed by atoms with Crippen molar-refractivity contribution in [2.45, 2.75) is 224 Å². The molecule has 0 aromatic rings. The summed E-state index contributed by atoms with van der Waals surface area (Å²) in [7, 11) is -3.81. The Balaban J connectivity index is 4.37. The van der Waals surface area contributed by atoms with Crippen molar-refractivity contribution in [1.82, 2.24) is 0 Å². The van der Waals surface area contributed by atoms with Gasteiger partial charge in [-0.1, -0.05) is 128 Å². The zero-order valence-electron chi connectivity index (χ0n) is 45.5. The quantitative estimate of drug-likeness (QED) is 0.0346. The molecule has 0 aromatic heterocycles. The third-order valence-electron chi connectivity index (χ3n) is 12.0. The Morgan fingerprint density at radius 3 is 0.750 bits per heavy atom. The third kappa shape index (κ3) is 41.2. The van der Waals surface area contributed by atoms with E-state index in [-0.39, 0.29) is 32.7 Å². The number of hydrogen-bond donors (Lipinski definition) is 0. The van der Waals surface area contributed by atoms with Crippen LogP contribution in [0.5, 0.6) is 0 Å². The van der Waals surface area contributed by atoms with Crippen molar-refractivity contribution in [3.05, 3.63) is 128 Å². The number of allylic oxidation sites excluding steroid dienone is 21. The number of nitriles is 2. The van der Waals surface area contributed by atoms with Gasteiger partial charge in [0, 0.05) is 0 Å². The summed E-state index contributed by atoms with van der Waals surface area (Å²) in [5, 5.41) is 17.5. The monoisotopic (exact) mass is 953 g/mol. The zero-order valence-corrected chi connectivity index (χ0v) is 46.4. The summed E-state index contributed by atoms with van der Waals surface area (Å²) in [6.45, 7) is 26.8. The van der Waals surface area contributed by atoms with Crippen molar-refractivity contribution in [1.29, 1.82) is 10.5 Å². The standard InChI is InChI=1S/C61H97N2O4P/c1-51(2)25-13-26-52(3)27-14-28-53(4)29-15-30-54(5)31-16-32-55(6)33-17-34-56(7)35-18-36-57(8)37-19-38-58(9)39-20-40-59(10)41-21-42-60(11)43-22-44-61(12)45-50-67-68(64,65-48-23-46-62)66-49-24-47-63/h25,27,29,31,33,35,37,39,41,43,45H,13-24,26,28,30,32,34,36,38,40,42,44,48-50H2,1-12H3/b52-27-,53-29-,54-31-,55-33+,56-35+,57-37+,58-39+,59-41+,60-43+,61-45+. The Morgan fingerprint density at radius 1 is 0.338 bits per heavy atom. The molecule has 0 aliphatic heterocycles. The molecule has 0 spiro atoms. The number of nitrogens with zero attached hydrogens (tertiary/aromatic N) is 2. The molecule has 0 aliphatic rings. The summed E-state index contributed by atoms with van der Waals surface area (Å²) in [5.41, 5.74) is 15.9. The van der Waals surface area contributed by atoms with Gasteiger partial charge in [-0.2, -0.15) is 10.5 Å². The van der Waals surface area contributed by atoms with Crippen molar-refractivity contribution in [2.75, 3.05) is 19.8 Å². The molecule has 0 N–H and O–H groups in total. The molecular formula is C61H97N2O4P. The smallest absolute Gasteiger partial charge is 0.286 e. The molecule has 68 heavy (non-hydrogen) atoms. The van der Waals surface area contributed by atoms with E-state index in [4.69, 9.17) is 24.1 Å². The van der Waals surface area contributed by atoms with Crippen molar-refractivity contribution < 1.29 is 18.1 Å². The van der Waals surface area contributed by atoms with Gasteiger partial charge in [0.2, 0.25) is 0 Å². The molecule has 0 amide bonds. The van der Waals surface area contributed by atoms with Crippen LogP contribution in [-0.2, 0) is 18.1 Å². The van der Waals surface area contributed by atoms with E-state index in [0.29, 0.717) is 0 Å². The van der Waals surface area contributed by atoms with Crippen LogP contribution in [0.25, 0.3) is 0 Å². The van der Waals surface area contributed by atoms with E-state index in [9.17, 15) is 4.57 Å². The van der Waals surface area contributed by atoms with E-state index in [1.165, 1.54) is 75.0 Å². The molecule has 0 heterocycles. The number of rotatable bonds is 39. The van der Waals surface area contributed by atoms with Crippen molar-refractivity contribution in [3.63, 3.8) is 0 Å². The largest absolute Gasteiger partial charge is 0.475 e. The first-order valence-corrected chi connectivity index (χ1v) is 27.4. The van der Waals surface area contributed by atoms with Crippen LogP contribution in [0.15, 0.2) is 128 Å². The summed E-state index contributed by atoms with van der Waals surface area (Å²) < 4.78 is 28.5. The van der Waals surface area contributed by atoms with E-state index in [0.717, 1.165) is 115 Å². The average Bonchev–Trinajstić information content (AvgIpc) is 3.26. The minimum absolute atomic E-state index is 0.0513. The average molecular weight is 953 g/mol. The van der Waals surface area contributed by atoms with E-state index in [1.807, 2.05) is 25.1 Å². The molecule has 7 heteroatoms. The van der Waals surface area contributed by atoms with Gasteiger partial charge in [-0.05, 0) is 212 Å². The Kier molecular flexibility index (Phi) is 39.8.